The molecular formula is C25H37N3O5. The van der Waals surface area contributed by atoms with Gasteiger partial charge in [0.2, 0.25) is 17.7 Å². The van der Waals surface area contributed by atoms with E-state index in [9.17, 15) is 19.5 Å². The van der Waals surface area contributed by atoms with E-state index in [1.807, 2.05) is 43.1 Å². The molecule has 4 rings (SSSR count). The molecule has 33 heavy (non-hydrogen) atoms. The van der Waals surface area contributed by atoms with Crippen LogP contribution >= 0.6 is 0 Å². The summed E-state index contributed by atoms with van der Waals surface area (Å²) in [4.78, 5) is 46.6. The van der Waals surface area contributed by atoms with Crippen molar-refractivity contribution in [2.45, 2.75) is 69.7 Å². The molecule has 2 fully saturated rings. The zero-order valence-electron chi connectivity index (χ0n) is 20.2. The van der Waals surface area contributed by atoms with Gasteiger partial charge in [-0.1, -0.05) is 37.6 Å². The molecule has 0 aromatic carbocycles. The average Bonchev–Trinajstić information content (AvgIpc) is 3.03. The van der Waals surface area contributed by atoms with E-state index in [0.717, 1.165) is 12.8 Å². The lowest BCUT2D eigenvalue weighted by Crippen LogP contribution is -2.57. The summed E-state index contributed by atoms with van der Waals surface area (Å²) in [5, 5.41) is 9.28. The molecule has 0 aromatic heterocycles. The second-order valence-electron chi connectivity index (χ2n) is 10.1. The summed E-state index contributed by atoms with van der Waals surface area (Å²) < 4.78 is 6.73. The van der Waals surface area contributed by atoms with Gasteiger partial charge in [-0.3, -0.25) is 14.4 Å². The fourth-order valence-corrected chi connectivity index (χ4v) is 6.26. The van der Waals surface area contributed by atoms with E-state index >= 15 is 0 Å². The first kappa shape index (κ1) is 24.0. The first-order valence-corrected chi connectivity index (χ1v) is 12.2. The molecule has 2 unspecified atom stereocenters. The number of hydrogen-bond acceptors (Lipinski definition) is 5. The molecule has 6 atom stereocenters. The summed E-state index contributed by atoms with van der Waals surface area (Å²) in [5.41, 5.74) is -2.15. The predicted octanol–water partition coefficient (Wildman–Crippen LogP) is 1.35. The molecule has 4 aliphatic heterocycles. The van der Waals surface area contributed by atoms with Crippen molar-refractivity contribution >= 4 is 17.7 Å². The van der Waals surface area contributed by atoms with Crippen LogP contribution in [0.25, 0.3) is 0 Å². The van der Waals surface area contributed by atoms with Crippen molar-refractivity contribution in [1.82, 2.24) is 14.7 Å². The number of aliphatic hydroxyl groups is 1. The molecular weight excluding hydrogens is 422 g/mol. The van der Waals surface area contributed by atoms with E-state index in [0.29, 0.717) is 32.5 Å². The third kappa shape index (κ3) is 3.62. The molecule has 0 aromatic rings. The van der Waals surface area contributed by atoms with E-state index in [1.54, 1.807) is 16.8 Å². The van der Waals surface area contributed by atoms with Crippen LogP contribution < -0.4 is 0 Å². The molecule has 0 saturated carbocycles. The van der Waals surface area contributed by atoms with Gasteiger partial charge >= 0.3 is 0 Å². The van der Waals surface area contributed by atoms with Crippen molar-refractivity contribution in [3.05, 3.63) is 24.3 Å². The lowest BCUT2D eigenvalue weighted by Gasteiger charge is -2.38. The summed E-state index contributed by atoms with van der Waals surface area (Å²) in [7, 11) is 1.74. The number of likely N-dealkylation sites (N-methyl/N-ethyl adjacent to an activating group) is 1. The van der Waals surface area contributed by atoms with Crippen molar-refractivity contribution in [3.8, 4) is 0 Å². The molecule has 3 amide bonds. The highest BCUT2D eigenvalue weighted by molar-refractivity contribution is 6.00. The molecule has 0 aliphatic carbocycles. The maximum atomic E-state index is 14.0. The number of amides is 3. The number of unbranched alkanes of at least 4 members (excludes halogenated alkanes) is 1. The van der Waals surface area contributed by atoms with Crippen LogP contribution in [0, 0.1) is 11.8 Å². The Kier molecular flexibility index (Phi) is 6.44. The molecule has 1 N–H and O–H groups in total. The summed E-state index contributed by atoms with van der Waals surface area (Å²) in [6.45, 7) is 7.29. The first-order valence-electron chi connectivity index (χ1n) is 12.2. The van der Waals surface area contributed by atoms with Crippen LogP contribution in [0.3, 0.4) is 0 Å². The number of carbonyl (C=O) groups is 3. The minimum Gasteiger partial charge on any atom is -0.396 e. The van der Waals surface area contributed by atoms with Crippen molar-refractivity contribution in [3.63, 3.8) is 0 Å². The Morgan fingerprint density at radius 3 is 2.52 bits per heavy atom. The summed E-state index contributed by atoms with van der Waals surface area (Å²) in [5.74, 6) is -1.91. The van der Waals surface area contributed by atoms with Gasteiger partial charge in [-0.25, -0.2) is 0 Å². The van der Waals surface area contributed by atoms with Crippen LogP contribution in [0.1, 0.15) is 46.5 Å². The van der Waals surface area contributed by atoms with Crippen LogP contribution in [0.15, 0.2) is 24.3 Å². The number of likely N-dealkylation sites (tertiary alicyclic amines) is 1. The summed E-state index contributed by atoms with van der Waals surface area (Å²) in [6.07, 6.45) is 10.6. The Morgan fingerprint density at radius 2 is 1.82 bits per heavy atom. The minimum absolute atomic E-state index is 0.0278. The minimum atomic E-state index is -1.19. The lowest BCUT2D eigenvalue weighted by atomic mass is 9.74. The molecule has 2 saturated heterocycles. The first-order chi connectivity index (χ1) is 15.7. The van der Waals surface area contributed by atoms with Gasteiger partial charge in [0.1, 0.15) is 11.6 Å². The monoisotopic (exact) mass is 459 g/mol. The number of rotatable bonds is 7. The van der Waals surface area contributed by atoms with Gasteiger partial charge in [0.05, 0.1) is 17.4 Å². The highest BCUT2D eigenvalue weighted by atomic mass is 16.5. The molecule has 182 valence electrons. The van der Waals surface area contributed by atoms with Crippen molar-refractivity contribution in [1.29, 1.82) is 0 Å². The van der Waals surface area contributed by atoms with Crippen LogP contribution in [0.5, 0.6) is 0 Å². The zero-order valence-corrected chi connectivity index (χ0v) is 20.2. The van der Waals surface area contributed by atoms with Crippen LogP contribution in [-0.2, 0) is 19.1 Å². The highest BCUT2D eigenvalue weighted by Gasteiger charge is 2.74. The number of aliphatic hydroxyl groups excluding tert-OH is 1. The van der Waals surface area contributed by atoms with Gasteiger partial charge in [-0.15, -0.1) is 0 Å². The Balaban J connectivity index is 1.81. The van der Waals surface area contributed by atoms with E-state index in [-0.39, 0.29) is 30.4 Å². The molecule has 4 aliphatic rings. The van der Waals surface area contributed by atoms with Crippen LogP contribution in [0.2, 0.25) is 0 Å². The Hall–Kier alpha value is -2.19. The van der Waals surface area contributed by atoms with Gasteiger partial charge < -0.3 is 24.5 Å². The number of carbonyl (C=O) groups excluding carboxylic acids is 3. The fourth-order valence-electron chi connectivity index (χ4n) is 6.26. The smallest absolute Gasteiger partial charge is 0.249 e. The molecule has 0 radical (unpaired) electrons. The third-order valence-corrected chi connectivity index (χ3v) is 7.84. The second kappa shape index (κ2) is 8.87. The molecule has 8 nitrogen and oxygen atoms in total. The average molecular weight is 460 g/mol. The Bertz CT molecular complexity index is 872. The van der Waals surface area contributed by atoms with Crippen LogP contribution in [-0.4, -0.2) is 94.1 Å². The topological polar surface area (TPSA) is 90.4 Å². The second-order valence-corrected chi connectivity index (χ2v) is 10.1. The summed E-state index contributed by atoms with van der Waals surface area (Å²) in [6, 6.07) is -0.784. The van der Waals surface area contributed by atoms with E-state index < -0.39 is 29.1 Å². The number of nitrogens with zero attached hydrogens (tertiary/aromatic N) is 3. The normalized spacial score (nSPS) is 36.6. The highest BCUT2D eigenvalue weighted by Crippen LogP contribution is 2.57. The van der Waals surface area contributed by atoms with Crippen molar-refractivity contribution < 1.29 is 24.2 Å². The maximum Gasteiger partial charge on any atom is 0.249 e. The quantitative estimate of drug-likeness (QED) is 0.458. The van der Waals surface area contributed by atoms with Crippen molar-refractivity contribution in [2.75, 3.05) is 33.3 Å². The fraction of sp³-hybridized carbons (Fsp3) is 0.720. The number of hydrogen-bond donors (Lipinski definition) is 1. The molecule has 8 heteroatoms. The standard InChI is InChI=1S/C25H37N3O5/c1-5-10-17(2)27-15-9-12-25-19(18-21(30)26(4)13-8-11-24(18,3)33-25)22(31)28(14-6-7-16-29)20(25)23(27)32/h8-9,11-12,17-20,29H,5-7,10,13-16H2,1-4H3/t17?,18-,19+,20?,24+,25+/m1/s1. The van der Waals surface area contributed by atoms with Gasteiger partial charge in [-0.2, -0.15) is 0 Å². The van der Waals surface area contributed by atoms with Gasteiger partial charge in [0, 0.05) is 39.3 Å². The molecule has 1 spiro atoms. The number of ether oxygens (including phenoxy) is 1. The van der Waals surface area contributed by atoms with Gasteiger partial charge in [0.15, 0.2) is 0 Å². The zero-order chi connectivity index (χ0) is 24.0. The van der Waals surface area contributed by atoms with Gasteiger partial charge in [0.25, 0.3) is 0 Å². The Labute approximate surface area is 196 Å². The third-order valence-electron chi connectivity index (χ3n) is 7.84. The largest absolute Gasteiger partial charge is 0.396 e. The predicted molar refractivity (Wildman–Crippen MR) is 123 cm³/mol. The van der Waals surface area contributed by atoms with E-state index in [4.69, 9.17) is 4.74 Å². The van der Waals surface area contributed by atoms with Crippen molar-refractivity contribution in [2.24, 2.45) is 11.8 Å². The molecule has 4 heterocycles. The van der Waals surface area contributed by atoms with Crippen LogP contribution in [0.4, 0.5) is 0 Å². The molecule has 0 bridgehead atoms. The lowest BCUT2D eigenvalue weighted by molar-refractivity contribution is -0.153. The van der Waals surface area contributed by atoms with Gasteiger partial charge in [-0.05, 0) is 33.1 Å². The Morgan fingerprint density at radius 1 is 1.09 bits per heavy atom. The summed E-state index contributed by atoms with van der Waals surface area (Å²) >= 11 is 0. The number of fused-ring (bicyclic) bond motifs is 2. The SMILES string of the molecule is CCCC(C)N1CC=C[C@]23O[C@@]4(C)C=CCN(C)C(=O)[C@H]4[C@H]2C(=O)N(CCCCO)C3C1=O. The van der Waals surface area contributed by atoms with E-state index in [1.165, 1.54) is 0 Å². The maximum absolute atomic E-state index is 14.0. The van der Waals surface area contributed by atoms with E-state index in [2.05, 4.69) is 6.92 Å².